The highest BCUT2D eigenvalue weighted by Crippen LogP contribution is 2.21. The second kappa shape index (κ2) is 10.0. The number of rotatable bonds is 10. The average Bonchev–Trinajstić information content (AvgIpc) is 3.57. The van der Waals surface area contributed by atoms with Gasteiger partial charge in [-0.25, -0.2) is 0 Å². The van der Waals surface area contributed by atoms with Crippen molar-refractivity contribution in [2.45, 2.75) is 45.3 Å². The van der Waals surface area contributed by atoms with Gasteiger partial charge in [0.1, 0.15) is 0 Å². The van der Waals surface area contributed by atoms with Crippen molar-refractivity contribution in [2.24, 2.45) is 5.73 Å². The van der Waals surface area contributed by atoms with E-state index in [1.54, 1.807) is 15.6 Å². The van der Waals surface area contributed by atoms with Crippen molar-refractivity contribution in [1.82, 2.24) is 35.3 Å². The van der Waals surface area contributed by atoms with Crippen LogP contribution in [0.25, 0.3) is 0 Å². The van der Waals surface area contributed by atoms with Crippen LogP contribution < -0.4 is 16.0 Å². The molecule has 11 heteroatoms. The topological polar surface area (TPSA) is 137 Å². The van der Waals surface area contributed by atoms with Gasteiger partial charge in [0.05, 0.1) is 12.4 Å². The molecule has 2 amide bonds. The maximum atomic E-state index is 12.5. The third kappa shape index (κ3) is 5.48. The van der Waals surface area contributed by atoms with Gasteiger partial charge in [0.15, 0.2) is 11.4 Å². The van der Waals surface area contributed by atoms with Crippen LogP contribution in [-0.4, -0.2) is 54.9 Å². The Bertz CT molecular complexity index is 1070. The van der Waals surface area contributed by atoms with Gasteiger partial charge in [-0.15, -0.1) is 10.2 Å². The van der Waals surface area contributed by atoms with E-state index in [-0.39, 0.29) is 11.6 Å². The maximum Gasteiger partial charge on any atom is 0.273 e. The summed E-state index contributed by atoms with van der Waals surface area (Å²) in [6.07, 6.45) is 7.24. The van der Waals surface area contributed by atoms with E-state index < -0.39 is 5.91 Å². The van der Waals surface area contributed by atoms with Crippen molar-refractivity contribution in [3.63, 3.8) is 0 Å². The maximum absolute atomic E-state index is 12.5. The molecule has 1 fully saturated rings. The number of unbranched alkanes of at least 4 members (excludes halogenated alkanes) is 1. The Kier molecular flexibility index (Phi) is 6.73. The Labute approximate surface area is 185 Å². The largest absolute Gasteiger partial charge is 0.372 e. The lowest BCUT2D eigenvalue weighted by molar-refractivity contribution is 0.0944. The van der Waals surface area contributed by atoms with Crippen LogP contribution in [-0.2, 0) is 19.6 Å². The number of nitrogens with one attached hydrogen (secondary N) is 1. The molecule has 2 aromatic heterocycles. The summed E-state index contributed by atoms with van der Waals surface area (Å²) in [6, 6.07) is 8.28. The summed E-state index contributed by atoms with van der Waals surface area (Å²) in [5, 5.41) is 18.5. The van der Waals surface area contributed by atoms with E-state index in [2.05, 4.69) is 43.0 Å². The average molecular weight is 438 g/mol. The predicted molar refractivity (Wildman–Crippen MR) is 117 cm³/mol. The Balaban J connectivity index is 1.21. The van der Waals surface area contributed by atoms with E-state index in [1.165, 1.54) is 24.7 Å². The Morgan fingerprint density at radius 1 is 0.969 bits per heavy atom. The molecule has 0 saturated carbocycles. The molecule has 11 nitrogen and oxygen atoms in total. The number of nitrogens with zero attached hydrogens (tertiary/aromatic N) is 7. The second-order valence-electron chi connectivity index (χ2n) is 7.85. The fraction of sp³-hybridized carbons (Fsp3) is 0.429. The van der Waals surface area contributed by atoms with Gasteiger partial charge in [-0.2, -0.15) is 0 Å². The van der Waals surface area contributed by atoms with Crippen molar-refractivity contribution in [1.29, 1.82) is 0 Å². The molecule has 0 bridgehead atoms. The molecule has 0 radical (unpaired) electrons. The van der Waals surface area contributed by atoms with Crippen molar-refractivity contribution >= 4 is 17.5 Å². The summed E-state index contributed by atoms with van der Waals surface area (Å²) < 4.78 is 3.23. The predicted octanol–water partition coefficient (Wildman–Crippen LogP) is 0.979. The van der Waals surface area contributed by atoms with Gasteiger partial charge in [0, 0.05) is 38.4 Å². The fourth-order valence-corrected chi connectivity index (χ4v) is 3.69. The summed E-state index contributed by atoms with van der Waals surface area (Å²) in [5.74, 6) is -0.839. The minimum atomic E-state index is -0.594. The zero-order valence-electron chi connectivity index (χ0n) is 17.9. The van der Waals surface area contributed by atoms with Gasteiger partial charge in [-0.3, -0.25) is 19.0 Å². The number of benzene rings is 1. The van der Waals surface area contributed by atoms with E-state index >= 15 is 0 Å². The zero-order valence-corrected chi connectivity index (χ0v) is 17.9. The first-order valence-electron chi connectivity index (χ1n) is 10.8. The number of primary amides is 1. The van der Waals surface area contributed by atoms with E-state index in [0.29, 0.717) is 25.3 Å². The molecule has 3 aromatic rings. The summed E-state index contributed by atoms with van der Waals surface area (Å²) >= 11 is 0. The smallest absolute Gasteiger partial charge is 0.273 e. The van der Waals surface area contributed by atoms with Crippen molar-refractivity contribution in [2.75, 3.05) is 18.0 Å². The Morgan fingerprint density at radius 3 is 2.28 bits per heavy atom. The molecule has 1 aliphatic rings. The van der Waals surface area contributed by atoms with Crippen LogP contribution >= 0.6 is 0 Å². The highest BCUT2D eigenvalue weighted by molar-refractivity contribution is 5.91. The summed E-state index contributed by atoms with van der Waals surface area (Å²) in [4.78, 5) is 25.9. The summed E-state index contributed by atoms with van der Waals surface area (Å²) in [7, 11) is 0. The van der Waals surface area contributed by atoms with Crippen molar-refractivity contribution in [3.8, 4) is 0 Å². The lowest BCUT2D eigenvalue weighted by Crippen LogP contribution is -2.23. The first kappa shape index (κ1) is 21.5. The highest BCUT2D eigenvalue weighted by atomic mass is 16.2. The van der Waals surface area contributed by atoms with E-state index in [9.17, 15) is 9.59 Å². The van der Waals surface area contributed by atoms with Gasteiger partial charge < -0.3 is 16.0 Å². The molecule has 168 valence electrons. The quantitative estimate of drug-likeness (QED) is 0.451. The van der Waals surface area contributed by atoms with Gasteiger partial charge in [-0.1, -0.05) is 22.6 Å². The van der Waals surface area contributed by atoms with Gasteiger partial charge in [0.2, 0.25) is 0 Å². The lowest BCUT2D eigenvalue weighted by atomic mass is 10.2. The highest BCUT2D eigenvalue weighted by Gasteiger charge is 2.14. The number of carbonyl (C=O) groups excluding carboxylic acids is 2. The molecule has 4 rings (SSSR count). The summed E-state index contributed by atoms with van der Waals surface area (Å²) in [6.45, 7) is 3.85. The van der Waals surface area contributed by atoms with E-state index in [1.807, 2.05) is 12.1 Å². The van der Waals surface area contributed by atoms with Crippen LogP contribution in [0.4, 0.5) is 5.69 Å². The minimum Gasteiger partial charge on any atom is -0.372 e. The Morgan fingerprint density at radius 2 is 1.62 bits per heavy atom. The number of aromatic nitrogens is 6. The van der Waals surface area contributed by atoms with Crippen LogP contribution in [0, 0.1) is 0 Å². The monoisotopic (exact) mass is 437 g/mol. The van der Waals surface area contributed by atoms with Crippen LogP contribution in [0.2, 0.25) is 0 Å². The molecular formula is C21H27N9O2. The molecule has 3 N–H and O–H groups in total. The number of hydrogen-bond acceptors (Lipinski definition) is 7. The second-order valence-corrected chi connectivity index (χ2v) is 7.85. The van der Waals surface area contributed by atoms with Crippen LogP contribution in [0.15, 0.2) is 36.7 Å². The van der Waals surface area contributed by atoms with Crippen LogP contribution in [0.1, 0.15) is 52.2 Å². The number of anilines is 1. The van der Waals surface area contributed by atoms with Gasteiger partial charge in [0.25, 0.3) is 11.8 Å². The first-order chi connectivity index (χ1) is 15.6. The molecule has 1 saturated heterocycles. The molecule has 1 aromatic carbocycles. The van der Waals surface area contributed by atoms with Crippen molar-refractivity contribution < 1.29 is 9.59 Å². The lowest BCUT2D eigenvalue weighted by Gasteiger charge is -2.18. The molecule has 0 aliphatic carbocycles. The molecule has 0 unspecified atom stereocenters. The third-order valence-electron chi connectivity index (χ3n) is 5.42. The molecule has 0 atom stereocenters. The van der Waals surface area contributed by atoms with Crippen LogP contribution in [0.5, 0.6) is 0 Å². The molecule has 1 aliphatic heterocycles. The minimum absolute atomic E-state index is 0.153. The summed E-state index contributed by atoms with van der Waals surface area (Å²) in [5.41, 5.74) is 7.87. The number of aryl methyl sites for hydroxylation is 2. The third-order valence-corrected chi connectivity index (χ3v) is 5.42. The SMILES string of the molecule is NC(=O)c1cn(CCCCn2cc(C(=O)NCc3cccc(N4CCCC4)c3)nn2)nn1. The van der Waals surface area contributed by atoms with Gasteiger partial charge in [-0.05, 0) is 43.4 Å². The number of carbonyl (C=O) groups is 2. The standard InChI is InChI=1S/C21H27N9O2/c22-20(31)18-14-29(26-24-18)10-3-4-11-30-15-19(25-27-30)21(32)23-13-16-6-5-7-17(12-16)28-8-1-2-9-28/h5-7,12,14-15H,1-4,8-11,13H2,(H2,22,31)(H,23,32). The van der Waals surface area contributed by atoms with Crippen molar-refractivity contribution in [3.05, 3.63) is 53.6 Å². The van der Waals surface area contributed by atoms with Crippen LogP contribution in [0.3, 0.4) is 0 Å². The molecule has 0 spiro atoms. The first-order valence-corrected chi connectivity index (χ1v) is 10.8. The van der Waals surface area contributed by atoms with E-state index in [4.69, 9.17) is 5.73 Å². The molecule has 3 heterocycles. The number of nitrogens with two attached hydrogens (primary N) is 1. The van der Waals surface area contributed by atoms with Gasteiger partial charge >= 0.3 is 0 Å². The zero-order chi connectivity index (χ0) is 22.3. The van der Waals surface area contributed by atoms with E-state index in [0.717, 1.165) is 31.5 Å². The molecule has 32 heavy (non-hydrogen) atoms. The normalized spacial score (nSPS) is 13.4. The fourth-order valence-electron chi connectivity index (χ4n) is 3.69. The Hall–Kier alpha value is -3.76. The molecular weight excluding hydrogens is 410 g/mol. The number of amides is 2. The number of hydrogen-bond donors (Lipinski definition) is 2.